The van der Waals surface area contributed by atoms with Crippen LogP contribution in [0, 0.1) is 5.41 Å². The van der Waals surface area contributed by atoms with Crippen molar-refractivity contribution >= 4 is 0 Å². The predicted molar refractivity (Wildman–Crippen MR) is 67.2 cm³/mol. The molecule has 0 aromatic carbocycles. The number of nitrogens with one attached hydrogen (secondary N) is 1. The number of hydrogen-bond donors (Lipinski definition) is 1. The largest absolute Gasteiger partial charge is 0.313 e. The fraction of sp³-hybridized carbons (Fsp3) is 1.00. The summed E-state index contributed by atoms with van der Waals surface area (Å²) in [7, 11) is 2.25. The van der Waals surface area contributed by atoms with E-state index in [-0.39, 0.29) is 0 Å². The summed E-state index contributed by atoms with van der Waals surface area (Å²) in [6.07, 6.45) is 5.29. The molecule has 2 nitrogen and oxygen atoms in total. The van der Waals surface area contributed by atoms with Gasteiger partial charge in [0.05, 0.1) is 0 Å². The number of unbranched alkanes of at least 4 members (excludes halogenated alkanes) is 1. The Labute approximate surface area is 95.4 Å². The molecule has 0 bridgehead atoms. The maximum Gasteiger partial charge on any atom is 0.00850 e. The van der Waals surface area contributed by atoms with Crippen LogP contribution in [0.3, 0.4) is 0 Å². The van der Waals surface area contributed by atoms with E-state index in [0.29, 0.717) is 5.41 Å². The second kappa shape index (κ2) is 5.86. The van der Waals surface area contributed by atoms with Gasteiger partial charge in [0.15, 0.2) is 0 Å². The molecule has 1 aliphatic rings. The Balaban J connectivity index is 2.10. The summed E-state index contributed by atoms with van der Waals surface area (Å²) in [5, 5.41) is 3.63. The van der Waals surface area contributed by atoms with E-state index in [1.54, 1.807) is 0 Å². The molecule has 1 rings (SSSR count). The molecule has 0 radical (unpaired) electrons. The molecular weight excluding hydrogens is 184 g/mol. The fourth-order valence-corrected chi connectivity index (χ4v) is 2.35. The third-order valence-corrected chi connectivity index (χ3v) is 3.42. The molecule has 15 heavy (non-hydrogen) atoms. The van der Waals surface area contributed by atoms with Gasteiger partial charge in [-0.1, -0.05) is 27.2 Å². The molecule has 1 N–H and O–H groups in total. The van der Waals surface area contributed by atoms with E-state index in [1.165, 1.54) is 45.3 Å². The first kappa shape index (κ1) is 13.0. The van der Waals surface area contributed by atoms with Crippen LogP contribution in [0.15, 0.2) is 0 Å². The first-order chi connectivity index (χ1) is 7.03. The molecule has 0 aliphatic carbocycles. The number of rotatable bonds is 6. The Kier molecular flexibility index (Phi) is 5.07. The quantitative estimate of drug-likeness (QED) is 0.728. The Hall–Kier alpha value is -0.0800. The van der Waals surface area contributed by atoms with E-state index in [1.807, 2.05) is 0 Å². The van der Waals surface area contributed by atoms with E-state index in [9.17, 15) is 0 Å². The van der Waals surface area contributed by atoms with Crippen LogP contribution >= 0.6 is 0 Å². The van der Waals surface area contributed by atoms with Gasteiger partial charge in [-0.3, -0.25) is 0 Å². The average Bonchev–Trinajstić information content (AvgIpc) is 2.52. The van der Waals surface area contributed by atoms with E-state index in [4.69, 9.17) is 0 Å². The zero-order chi connectivity index (χ0) is 11.3. The van der Waals surface area contributed by atoms with Crippen LogP contribution in [-0.4, -0.2) is 37.6 Å². The lowest BCUT2D eigenvalue weighted by molar-refractivity contribution is 0.303. The highest BCUT2D eigenvalue weighted by Crippen LogP contribution is 2.28. The van der Waals surface area contributed by atoms with Gasteiger partial charge in [0.25, 0.3) is 0 Å². The summed E-state index contributed by atoms with van der Waals surface area (Å²) < 4.78 is 0. The maximum absolute atomic E-state index is 3.63. The molecule has 1 heterocycles. The van der Waals surface area contributed by atoms with Crippen molar-refractivity contribution in [1.29, 1.82) is 0 Å². The van der Waals surface area contributed by atoms with Crippen molar-refractivity contribution in [3.63, 3.8) is 0 Å². The maximum atomic E-state index is 3.63. The molecule has 0 saturated carbocycles. The minimum Gasteiger partial charge on any atom is -0.313 e. The average molecular weight is 212 g/mol. The van der Waals surface area contributed by atoms with E-state index in [2.05, 4.69) is 38.0 Å². The molecule has 0 aromatic rings. The normalized spacial score (nSPS) is 25.0. The molecule has 1 unspecified atom stereocenters. The minimum atomic E-state index is 0.520. The number of hydrogen-bond acceptors (Lipinski definition) is 2. The highest BCUT2D eigenvalue weighted by molar-refractivity contribution is 4.87. The SMILES string of the molecule is CCCCN(C)CCC1CC(C)(C)CN1. The third kappa shape index (κ3) is 4.98. The van der Waals surface area contributed by atoms with Crippen LogP contribution in [0.1, 0.15) is 46.5 Å². The molecule has 1 atom stereocenters. The van der Waals surface area contributed by atoms with Gasteiger partial charge >= 0.3 is 0 Å². The summed E-state index contributed by atoms with van der Waals surface area (Å²) in [4.78, 5) is 2.47. The Bertz CT molecular complexity index is 177. The highest BCUT2D eigenvalue weighted by atomic mass is 15.1. The standard InChI is InChI=1S/C13H28N2/c1-5-6-8-15(4)9-7-12-10-13(2,3)11-14-12/h12,14H,5-11H2,1-4H3. The zero-order valence-corrected chi connectivity index (χ0v) is 11.0. The van der Waals surface area contributed by atoms with Crippen molar-refractivity contribution in [1.82, 2.24) is 10.2 Å². The van der Waals surface area contributed by atoms with Crippen LogP contribution in [0.2, 0.25) is 0 Å². The lowest BCUT2D eigenvalue weighted by Crippen LogP contribution is -2.29. The molecule has 90 valence electrons. The summed E-state index contributed by atoms with van der Waals surface area (Å²) >= 11 is 0. The van der Waals surface area contributed by atoms with Gasteiger partial charge in [0.2, 0.25) is 0 Å². The molecule has 0 spiro atoms. The fourth-order valence-electron chi connectivity index (χ4n) is 2.35. The van der Waals surface area contributed by atoms with E-state index < -0.39 is 0 Å². The highest BCUT2D eigenvalue weighted by Gasteiger charge is 2.29. The molecule has 1 aliphatic heterocycles. The van der Waals surface area contributed by atoms with Gasteiger partial charge in [-0.25, -0.2) is 0 Å². The molecular formula is C13H28N2. The van der Waals surface area contributed by atoms with Crippen molar-refractivity contribution in [2.24, 2.45) is 5.41 Å². The third-order valence-electron chi connectivity index (χ3n) is 3.42. The first-order valence-corrected chi connectivity index (χ1v) is 6.45. The Morgan fingerprint density at radius 2 is 2.07 bits per heavy atom. The second-order valence-corrected chi connectivity index (χ2v) is 5.89. The van der Waals surface area contributed by atoms with Gasteiger partial charge in [0.1, 0.15) is 0 Å². The predicted octanol–water partition coefficient (Wildman–Crippen LogP) is 2.50. The Morgan fingerprint density at radius 1 is 1.33 bits per heavy atom. The van der Waals surface area contributed by atoms with Crippen LogP contribution in [0.25, 0.3) is 0 Å². The number of nitrogens with zero attached hydrogens (tertiary/aromatic N) is 1. The molecule has 0 amide bonds. The lowest BCUT2D eigenvalue weighted by Gasteiger charge is -2.19. The van der Waals surface area contributed by atoms with Crippen molar-refractivity contribution < 1.29 is 0 Å². The zero-order valence-electron chi connectivity index (χ0n) is 11.0. The molecule has 2 heteroatoms. The second-order valence-electron chi connectivity index (χ2n) is 5.89. The van der Waals surface area contributed by atoms with Crippen molar-refractivity contribution in [3.8, 4) is 0 Å². The topological polar surface area (TPSA) is 15.3 Å². The Morgan fingerprint density at radius 3 is 2.60 bits per heavy atom. The molecule has 1 fully saturated rings. The summed E-state index contributed by atoms with van der Waals surface area (Å²) in [5.74, 6) is 0. The summed E-state index contributed by atoms with van der Waals surface area (Å²) in [5.41, 5.74) is 0.520. The van der Waals surface area contributed by atoms with Crippen LogP contribution in [0.5, 0.6) is 0 Å². The van der Waals surface area contributed by atoms with Gasteiger partial charge in [-0.2, -0.15) is 0 Å². The van der Waals surface area contributed by atoms with Gasteiger partial charge in [0, 0.05) is 12.6 Å². The van der Waals surface area contributed by atoms with Crippen LogP contribution in [-0.2, 0) is 0 Å². The van der Waals surface area contributed by atoms with E-state index >= 15 is 0 Å². The van der Waals surface area contributed by atoms with Crippen LogP contribution < -0.4 is 5.32 Å². The minimum absolute atomic E-state index is 0.520. The first-order valence-electron chi connectivity index (χ1n) is 6.45. The van der Waals surface area contributed by atoms with Gasteiger partial charge in [-0.05, 0) is 44.8 Å². The summed E-state index contributed by atoms with van der Waals surface area (Å²) in [6, 6.07) is 0.754. The van der Waals surface area contributed by atoms with Crippen molar-refractivity contribution in [2.45, 2.75) is 52.5 Å². The van der Waals surface area contributed by atoms with Gasteiger partial charge in [-0.15, -0.1) is 0 Å². The van der Waals surface area contributed by atoms with Crippen molar-refractivity contribution in [3.05, 3.63) is 0 Å². The molecule has 0 aromatic heterocycles. The monoisotopic (exact) mass is 212 g/mol. The van der Waals surface area contributed by atoms with Crippen molar-refractivity contribution in [2.75, 3.05) is 26.7 Å². The smallest absolute Gasteiger partial charge is 0.00850 e. The van der Waals surface area contributed by atoms with Gasteiger partial charge < -0.3 is 10.2 Å². The summed E-state index contributed by atoms with van der Waals surface area (Å²) in [6.45, 7) is 10.7. The molecule has 1 saturated heterocycles. The lowest BCUT2D eigenvalue weighted by atomic mass is 9.90. The van der Waals surface area contributed by atoms with Crippen LogP contribution in [0.4, 0.5) is 0 Å². The van der Waals surface area contributed by atoms with E-state index in [0.717, 1.165) is 6.04 Å².